The summed E-state index contributed by atoms with van der Waals surface area (Å²) >= 11 is 0. The first kappa shape index (κ1) is 17.1. The number of benzene rings is 2. The molecule has 2 aromatic carbocycles. The van der Waals surface area contributed by atoms with E-state index in [1.165, 1.54) is 0 Å². The number of aryl methyl sites for hydroxylation is 1. The second-order valence-corrected chi connectivity index (χ2v) is 6.90. The van der Waals surface area contributed by atoms with Crippen molar-refractivity contribution >= 4 is 33.3 Å². The van der Waals surface area contributed by atoms with Gasteiger partial charge in [0.05, 0.1) is 17.2 Å². The zero-order valence-electron chi connectivity index (χ0n) is 15.9. The van der Waals surface area contributed by atoms with E-state index < -0.39 is 0 Å². The largest absolute Gasteiger partial charge is 0.340 e. The topological polar surface area (TPSA) is 68.5 Å². The SMILES string of the molecule is C=C(Nc1cc2cc(-c3cnn(C)c3)ccc2cn1)c1ccc2nccnc2c1. The van der Waals surface area contributed by atoms with Gasteiger partial charge in [0.2, 0.25) is 0 Å². The molecule has 0 aliphatic carbocycles. The van der Waals surface area contributed by atoms with E-state index in [9.17, 15) is 0 Å². The summed E-state index contributed by atoms with van der Waals surface area (Å²) in [5, 5.41) is 9.74. The average Bonchev–Trinajstić information content (AvgIpc) is 3.19. The standard InChI is InChI=1S/C23H18N6/c1-15(16-5-6-21-22(10-16)25-8-7-24-21)28-23-11-19-9-17(3-4-18(19)12-26-23)20-13-27-29(2)14-20/h3-14H,1H2,2H3,(H,26,28). The van der Waals surface area contributed by atoms with Gasteiger partial charge in [-0.05, 0) is 40.8 Å². The van der Waals surface area contributed by atoms with Crippen LogP contribution in [0.4, 0.5) is 5.82 Å². The summed E-state index contributed by atoms with van der Waals surface area (Å²) < 4.78 is 1.80. The highest BCUT2D eigenvalue weighted by atomic mass is 15.2. The highest BCUT2D eigenvalue weighted by molar-refractivity contribution is 5.90. The summed E-state index contributed by atoms with van der Waals surface area (Å²) in [7, 11) is 1.92. The van der Waals surface area contributed by atoms with Gasteiger partial charge in [0, 0.05) is 48.5 Å². The molecule has 0 unspecified atom stereocenters. The highest BCUT2D eigenvalue weighted by Gasteiger charge is 2.06. The lowest BCUT2D eigenvalue weighted by Gasteiger charge is -2.11. The Balaban J connectivity index is 1.45. The van der Waals surface area contributed by atoms with Crippen LogP contribution in [0.15, 0.2) is 80.0 Å². The van der Waals surface area contributed by atoms with Gasteiger partial charge in [0.15, 0.2) is 0 Å². The van der Waals surface area contributed by atoms with Gasteiger partial charge in [-0.1, -0.05) is 24.8 Å². The van der Waals surface area contributed by atoms with Crippen LogP contribution in [0, 0.1) is 0 Å². The Morgan fingerprint density at radius 3 is 2.55 bits per heavy atom. The van der Waals surface area contributed by atoms with Crippen LogP contribution in [0.2, 0.25) is 0 Å². The molecule has 140 valence electrons. The van der Waals surface area contributed by atoms with Crippen molar-refractivity contribution in [3.8, 4) is 11.1 Å². The van der Waals surface area contributed by atoms with E-state index >= 15 is 0 Å². The van der Waals surface area contributed by atoms with Crippen LogP contribution in [0.1, 0.15) is 5.56 Å². The first-order valence-electron chi connectivity index (χ1n) is 9.22. The van der Waals surface area contributed by atoms with Crippen LogP contribution in [-0.4, -0.2) is 24.7 Å². The fraction of sp³-hybridized carbons (Fsp3) is 0.0435. The molecule has 0 aliphatic heterocycles. The highest BCUT2D eigenvalue weighted by Crippen LogP contribution is 2.26. The quantitative estimate of drug-likeness (QED) is 0.492. The average molecular weight is 378 g/mol. The molecule has 6 heteroatoms. The molecule has 0 fully saturated rings. The normalized spacial score (nSPS) is 11.1. The Bertz CT molecular complexity index is 1370. The summed E-state index contributed by atoms with van der Waals surface area (Å²) in [4.78, 5) is 13.2. The maximum Gasteiger partial charge on any atom is 0.130 e. The van der Waals surface area contributed by atoms with E-state index in [0.29, 0.717) is 0 Å². The summed E-state index contributed by atoms with van der Waals surface area (Å²) in [6.45, 7) is 4.16. The van der Waals surface area contributed by atoms with Crippen molar-refractivity contribution < 1.29 is 0 Å². The molecule has 0 saturated heterocycles. The number of anilines is 1. The number of nitrogens with zero attached hydrogens (tertiary/aromatic N) is 5. The fourth-order valence-corrected chi connectivity index (χ4v) is 3.34. The molecule has 0 saturated carbocycles. The third kappa shape index (κ3) is 3.32. The second-order valence-electron chi connectivity index (χ2n) is 6.90. The summed E-state index contributed by atoms with van der Waals surface area (Å²) in [5.41, 5.74) is 5.60. The van der Waals surface area contributed by atoms with Crippen molar-refractivity contribution in [3.63, 3.8) is 0 Å². The number of aromatic nitrogens is 5. The van der Waals surface area contributed by atoms with Gasteiger partial charge in [-0.2, -0.15) is 5.10 Å². The van der Waals surface area contributed by atoms with Gasteiger partial charge in [-0.15, -0.1) is 0 Å². The van der Waals surface area contributed by atoms with Crippen molar-refractivity contribution in [2.45, 2.75) is 0 Å². The van der Waals surface area contributed by atoms with Gasteiger partial charge in [-0.25, -0.2) is 4.98 Å². The Kier molecular flexibility index (Phi) is 4.02. The molecule has 3 aromatic heterocycles. The van der Waals surface area contributed by atoms with Crippen LogP contribution in [0.5, 0.6) is 0 Å². The molecule has 0 bridgehead atoms. The molecular weight excluding hydrogens is 360 g/mol. The molecule has 0 atom stereocenters. The van der Waals surface area contributed by atoms with Crippen molar-refractivity contribution in [2.24, 2.45) is 7.05 Å². The molecule has 29 heavy (non-hydrogen) atoms. The van der Waals surface area contributed by atoms with Crippen LogP contribution >= 0.6 is 0 Å². The predicted octanol–water partition coefficient (Wildman–Crippen LogP) is 4.66. The van der Waals surface area contributed by atoms with Crippen LogP contribution < -0.4 is 5.32 Å². The van der Waals surface area contributed by atoms with Gasteiger partial charge in [-0.3, -0.25) is 14.6 Å². The lowest BCUT2D eigenvalue weighted by molar-refractivity contribution is 0.768. The molecule has 0 spiro atoms. The van der Waals surface area contributed by atoms with Crippen LogP contribution in [-0.2, 0) is 7.05 Å². The molecule has 0 radical (unpaired) electrons. The maximum atomic E-state index is 4.52. The monoisotopic (exact) mass is 378 g/mol. The molecule has 5 aromatic rings. The number of pyridine rings is 1. The fourth-order valence-electron chi connectivity index (χ4n) is 3.34. The van der Waals surface area contributed by atoms with E-state index in [0.717, 1.165) is 50.0 Å². The smallest absolute Gasteiger partial charge is 0.130 e. The summed E-state index contributed by atoms with van der Waals surface area (Å²) in [6.07, 6.45) is 9.11. The summed E-state index contributed by atoms with van der Waals surface area (Å²) in [6, 6.07) is 14.2. The lowest BCUT2D eigenvalue weighted by Crippen LogP contribution is -1.99. The minimum atomic E-state index is 0.741. The third-order valence-corrected chi connectivity index (χ3v) is 4.86. The van der Waals surface area contributed by atoms with Crippen LogP contribution in [0.3, 0.4) is 0 Å². The summed E-state index contributed by atoms with van der Waals surface area (Å²) in [5.74, 6) is 0.741. The molecule has 6 nitrogen and oxygen atoms in total. The zero-order valence-corrected chi connectivity index (χ0v) is 15.9. The number of rotatable bonds is 4. The van der Waals surface area contributed by atoms with E-state index in [-0.39, 0.29) is 0 Å². The van der Waals surface area contributed by atoms with Crippen molar-refractivity contribution in [1.82, 2.24) is 24.7 Å². The van der Waals surface area contributed by atoms with E-state index in [2.05, 4.69) is 50.1 Å². The Hall–Kier alpha value is -4.06. The second kappa shape index (κ2) is 6.83. The number of nitrogens with one attached hydrogen (secondary N) is 1. The maximum absolute atomic E-state index is 4.52. The number of fused-ring (bicyclic) bond motifs is 2. The Morgan fingerprint density at radius 2 is 1.72 bits per heavy atom. The van der Waals surface area contributed by atoms with E-state index in [4.69, 9.17) is 0 Å². The number of hydrogen-bond donors (Lipinski definition) is 1. The lowest BCUT2D eigenvalue weighted by atomic mass is 10.0. The van der Waals surface area contributed by atoms with Gasteiger partial charge in [0.1, 0.15) is 5.82 Å². The first-order chi connectivity index (χ1) is 14.2. The van der Waals surface area contributed by atoms with Crippen molar-refractivity contribution in [2.75, 3.05) is 5.32 Å². The van der Waals surface area contributed by atoms with Crippen molar-refractivity contribution in [1.29, 1.82) is 0 Å². The van der Waals surface area contributed by atoms with E-state index in [1.807, 2.05) is 49.9 Å². The molecule has 0 aliphatic rings. The minimum absolute atomic E-state index is 0.741. The molecule has 0 amide bonds. The third-order valence-electron chi connectivity index (χ3n) is 4.86. The van der Waals surface area contributed by atoms with Crippen molar-refractivity contribution in [3.05, 3.63) is 85.6 Å². The van der Waals surface area contributed by atoms with Gasteiger partial charge < -0.3 is 5.32 Å². The zero-order chi connectivity index (χ0) is 19.8. The van der Waals surface area contributed by atoms with E-state index in [1.54, 1.807) is 17.1 Å². The predicted molar refractivity (Wildman–Crippen MR) is 116 cm³/mol. The Labute approximate surface area is 167 Å². The molecular formula is C23H18N6. The Morgan fingerprint density at radius 1 is 0.862 bits per heavy atom. The minimum Gasteiger partial charge on any atom is -0.340 e. The van der Waals surface area contributed by atoms with Crippen LogP contribution in [0.25, 0.3) is 38.6 Å². The first-order valence-corrected chi connectivity index (χ1v) is 9.22. The number of hydrogen-bond acceptors (Lipinski definition) is 5. The molecule has 5 rings (SSSR count). The van der Waals surface area contributed by atoms with Gasteiger partial charge >= 0.3 is 0 Å². The molecule has 1 N–H and O–H groups in total. The van der Waals surface area contributed by atoms with Gasteiger partial charge in [0.25, 0.3) is 0 Å². The molecule has 3 heterocycles.